The van der Waals surface area contributed by atoms with Gasteiger partial charge in [-0.3, -0.25) is 0 Å². The van der Waals surface area contributed by atoms with Crippen molar-refractivity contribution >= 4 is 0 Å². The molecule has 2 heterocycles. The minimum Gasteiger partial charge on any atom is -0.508 e. The fourth-order valence-electron chi connectivity index (χ4n) is 6.26. The van der Waals surface area contributed by atoms with E-state index in [2.05, 4.69) is 59.5 Å². The van der Waals surface area contributed by atoms with Crippen LogP contribution >= 0.6 is 0 Å². The molecule has 4 heteroatoms. The number of nitrogens with zero attached hydrogens (tertiary/aromatic N) is 1. The molecule has 2 atom stereocenters. The molecule has 0 bridgehead atoms. The second-order valence-electron chi connectivity index (χ2n) is 11.3. The average Bonchev–Trinajstić information content (AvgIpc) is 3.50. The lowest BCUT2D eigenvalue weighted by atomic mass is 9.76. The van der Waals surface area contributed by atoms with Gasteiger partial charge in [0.05, 0.1) is 13.2 Å². The van der Waals surface area contributed by atoms with Crippen molar-refractivity contribution < 1.29 is 14.6 Å². The average molecular weight is 528 g/mol. The van der Waals surface area contributed by atoms with E-state index in [9.17, 15) is 5.11 Å². The van der Waals surface area contributed by atoms with E-state index in [0.717, 1.165) is 30.1 Å². The molecule has 0 spiro atoms. The number of phenolic OH excluding ortho intramolecular Hbond substituents is 1. The summed E-state index contributed by atoms with van der Waals surface area (Å²) in [5.74, 6) is 2.31. The van der Waals surface area contributed by atoms with Gasteiger partial charge in [0, 0.05) is 23.5 Å². The molecule has 3 aromatic carbocycles. The number of aromatic hydroxyl groups is 1. The maximum atomic E-state index is 9.99. The molecule has 208 valence electrons. The Labute approximate surface area is 235 Å². The number of hydrogen-bond acceptors (Lipinski definition) is 4. The normalized spacial score (nSPS) is 19.0. The summed E-state index contributed by atoms with van der Waals surface area (Å²) >= 11 is 0. The van der Waals surface area contributed by atoms with Gasteiger partial charge in [-0.2, -0.15) is 0 Å². The number of hydrogen-bond donors (Lipinski definition) is 1. The van der Waals surface area contributed by atoms with E-state index in [1.165, 1.54) is 88.5 Å². The zero-order chi connectivity index (χ0) is 26.7. The van der Waals surface area contributed by atoms with Crippen LogP contribution in [0.25, 0.3) is 0 Å². The van der Waals surface area contributed by atoms with E-state index >= 15 is 0 Å². The van der Waals surface area contributed by atoms with E-state index in [1.807, 2.05) is 6.07 Å². The summed E-state index contributed by atoms with van der Waals surface area (Å²) in [5, 5.41) is 9.99. The quantitative estimate of drug-likeness (QED) is 0.214. The van der Waals surface area contributed by atoms with Gasteiger partial charge in [-0.25, -0.2) is 0 Å². The molecular formula is C35H45NO3. The Morgan fingerprint density at radius 2 is 1.44 bits per heavy atom. The monoisotopic (exact) mass is 527 g/mol. The second kappa shape index (κ2) is 14.4. The van der Waals surface area contributed by atoms with Crippen LogP contribution in [-0.2, 0) is 0 Å². The number of benzene rings is 3. The summed E-state index contributed by atoms with van der Waals surface area (Å²) in [4.78, 5) is 2.63. The Bertz CT molecular complexity index is 1120. The predicted octanol–water partition coefficient (Wildman–Crippen LogP) is 8.30. The van der Waals surface area contributed by atoms with Crippen molar-refractivity contribution in [1.29, 1.82) is 0 Å². The van der Waals surface area contributed by atoms with Gasteiger partial charge in [-0.05, 0) is 74.6 Å². The van der Waals surface area contributed by atoms with Gasteiger partial charge in [0.25, 0.3) is 0 Å². The molecule has 2 aliphatic rings. The van der Waals surface area contributed by atoms with Crippen molar-refractivity contribution in [3.8, 4) is 17.2 Å². The topological polar surface area (TPSA) is 41.9 Å². The molecule has 5 rings (SSSR count). The molecule has 0 amide bonds. The Morgan fingerprint density at radius 3 is 2.18 bits per heavy atom. The summed E-state index contributed by atoms with van der Waals surface area (Å²) in [5.41, 5.74) is 3.63. The van der Waals surface area contributed by atoms with Crippen LogP contribution in [0.3, 0.4) is 0 Å². The molecule has 1 N–H and O–H groups in total. The van der Waals surface area contributed by atoms with Crippen LogP contribution in [0.2, 0.25) is 0 Å². The number of phenols is 1. The molecule has 1 saturated heterocycles. The summed E-state index contributed by atoms with van der Waals surface area (Å²) in [6.07, 6.45) is 13.4. The lowest BCUT2D eigenvalue weighted by molar-refractivity contribution is 0.247. The third-order valence-corrected chi connectivity index (χ3v) is 8.46. The van der Waals surface area contributed by atoms with Crippen molar-refractivity contribution in [2.45, 2.75) is 76.0 Å². The summed E-state index contributed by atoms with van der Waals surface area (Å²) in [7, 11) is 0. The molecule has 1 unspecified atom stereocenters. The van der Waals surface area contributed by atoms with E-state index in [1.54, 1.807) is 12.1 Å². The Balaban J connectivity index is 1.05. The Hall–Kier alpha value is -2.98. The van der Waals surface area contributed by atoms with Crippen LogP contribution in [0.5, 0.6) is 17.2 Å². The highest BCUT2D eigenvalue weighted by Gasteiger charge is 2.33. The lowest BCUT2D eigenvalue weighted by Crippen LogP contribution is -2.25. The van der Waals surface area contributed by atoms with Crippen LogP contribution < -0.4 is 9.47 Å². The first-order valence-electron chi connectivity index (χ1n) is 15.2. The number of rotatable bonds is 14. The number of unbranched alkanes of at least 4 members (excludes halogenated alkanes) is 7. The Morgan fingerprint density at radius 1 is 0.744 bits per heavy atom. The smallest absolute Gasteiger partial charge is 0.126 e. The maximum absolute atomic E-state index is 9.99. The van der Waals surface area contributed by atoms with Gasteiger partial charge < -0.3 is 19.5 Å². The lowest BCUT2D eigenvalue weighted by Gasteiger charge is -2.34. The summed E-state index contributed by atoms with van der Waals surface area (Å²) in [6, 6.07) is 24.7. The standard InChI is InChI=1S/C35H45NO3/c37-30-18-21-32-34(26-30)39-27-33(28-14-8-7-9-15-28)35(32)29-16-19-31(20-17-29)38-25-13-6-4-2-1-3-5-10-22-36-23-11-12-24-36/h7-9,14-21,26,33,35,37H,1-6,10-13,22-25,27H2/t33-,35?/m1/s1. The van der Waals surface area contributed by atoms with E-state index < -0.39 is 0 Å². The van der Waals surface area contributed by atoms with Crippen LogP contribution in [-0.4, -0.2) is 42.9 Å². The van der Waals surface area contributed by atoms with Crippen molar-refractivity contribution in [1.82, 2.24) is 4.90 Å². The fraction of sp³-hybridized carbons (Fsp3) is 0.486. The first-order valence-corrected chi connectivity index (χ1v) is 15.2. The van der Waals surface area contributed by atoms with Gasteiger partial charge in [0.2, 0.25) is 0 Å². The molecule has 3 aromatic rings. The van der Waals surface area contributed by atoms with Gasteiger partial charge in [0.1, 0.15) is 17.2 Å². The van der Waals surface area contributed by atoms with Crippen molar-refractivity contribution in [2.75, 3.05) is 32.8 Å². The maximum Gasteiger partial charge on any atom is 0.126 e. The fourth-order valence-corrected chi connectivity index (χ4v) is 6.26. The van der Waals surface area contributed by atoms with Gasteiger partial charge in [-0.15, -0.1) is 0 Å². The van der Waals surface area contributed by atoms with Crippen LogP contribution in [0.4, 0.5) is 0 Å². The SMILES string of the molecule is Oc1ccc2c(c1)OC[C@H](c1ccccc1)C2c1ccc(OCCCCCCCCCCN2CCCC2)cc1. The summed E-state index contributed by atoms with van der Waals surface area (Å²) < 4.78 is 12.2. The first-order chi connectivity index (χ1) is 19.3. The molecule has 39 heavy (non-hydrogen) atoms. The molecule has 0 aliphatic carbocycles. The number of likely N-dealkylation sites (tertiary alicyclic amines) is 1. The minimum atomic E-state index is 0.158. The highest BCUT2D eigenvalue weighted by Crippen LogP contribution is 2.47. The molecular weight excluding hydrogens is 482 g/mol. The van der Waals surface area contributed by atoms with Crippen molar-refractivity contribution in [3.63, 3.8) is 0 Å². The zero-order valence-corrected chi connectivity index (χ0v) is 23.4. The molecule has 1 fully saturated rings. The van der Waals surface area contributed by atoms with Crippen LogP contribution in [0.1, 0.15) is 92.7 Å². The number of ether oxygens (including phenoxy) is 2. The molecule has 0 aromatic heterocycles. The van der Waals surface area contributed by atoms with E-state index in [4.69, 9.17) is 9.47 Å². The van der Waals surface area contributed by atoms with E-state index in [0.29, 0.717) is 6.61 Å². The van der Waals surface area contributed by atoms with Crippen LogP contribution in [0, 0.1) is 0 Å². The van der Waals surface area contributed by atoms with E-state index in [-0.39, 0.29) is 17.6 Å². The third-order valence-electron chi connectivity index (χ3n) is 8.46. The predicted molar refractivity (Wildman–Crippen MR) is 159 cm³/mol. The molecule has 0 radical (unpaired) electrons. The van der Waals surface area contributed by atoms with Gasteiger partial charge in [-0.1, -0.05) is 87.1 Å². The van der Waals surface area contributed by atoms with Crippen LogP contribution in [0.15, 0.2) is 72.8 Å². The summed E-state index contributed by atoms with van der Waals surface area (Å²) in [6.45, 7) is 5.34. The highest BCUT2D eigenvalue weighted by atomic mass is 16.5. The first kappa shape index (κ1) is 27.6. The minimum absolute atomic E-state index is 0.158. The molecule has 2 aliphatic heterocycles. The highest BCUT2D eigenvalue weighted by molar-refractivity contribution is 5.50. The largest absolute Gasteiger partial charge is 0.508 e. The van der Waals surface area contributed by atoms with Gasteiger partial charge in [0.15, 0.2) is 0 Å². The van der Waals surface area contributed by atoms with Crippen molar-refractivity contribution in [2.24, 2.45) is 0 Å². The molecule has 0 saturated carbocycles. The molecule has 4 nitrogen and oxygen atoms in total. The van der Waals surface area contributed by atoms with Gasteiger partial charge >= 0.3 is 0 Å². The number of fused-ring (bicyclic) bond motifs is 1. The Kier molecular flexibility index (Phi) is 10.2. The second-order valence-corrected chi connectivity index (χ2v) is 11.3. The zero-order valence-electron chi connectivity index (χ0n) is 23.4. The third kappa shape index (κ3) is 7.79. The van der Waals surface area contributed by atoms with Crippen molar-refractivity contribution in [3.05, 3.63) is 89.5 Å².